The SMILES string of the molecule is CCOc1ccccc1N1CCN(Cn2nc(-c3ccccc3F)n(C3CC3)c2=S)CC1. The lowest BCUT2D eigenvalue weighted by Gasteiger charge is -2.36. The van der Waals surface area contributed by atoms with Crippen LogP contribution in [0.2, 0.25) is 0 Å². The second-order valence-corrected chi connectivity index (χ2v) is 8.70. The number of halogens is 1. The van der Waals surface area contributed by atoms with Crippen LogP contribution in [0.4, 0.5) is 10.1 Å². The van der Waals surface area contributed by atoms with Gasteiger partial charge in [-0.1, -0.05) is 24.3 Å². The Hall–Kier alpha value is -2.71. The third-order valence-electron chi connectivity index (χ3n) is 6.11. The van der Waals surface area contributed by atoms with Gasteiger partial charge in [0, 0.05) is 32.2 Å². The zero-order valence-corrected chi connectivity index (χ0v) is 19.1. The molecule has 2 aliphatic rings. The van der Waals surface area contributed by atoms with Crippen LogP contribution in [-0.4, -0.2) is 52.0 Å². The van der Waals surface area contributed by atoms with E-state index in [1.807, 2.05) is 34.4 Å². The van der Waals surface area contributed by atoms with E-state index in [9.17, 15) is 4.39 Å². The average Bonchev–Trinajstić information content (AvgIpc) is 3.60. The van der Waals surface area contributed by atoms with Crippen molar-refractivity contribution in [1.82, 2.24) is 19.2 Å². The number of nitrogens with zero attached hydrogens (tertiary/aromatic N) is 5. The monoisotopic (exact) mass is 453 g/mol. The van der Waals surface area contributed by atoms with Crippen LogP contribution >= 0.6 is 12.2 Å². The van der Waals surface area contributed by atoms with Crippen molar-refractivity contribution < 1.29 is 9.13 Å². The summed E-state index contributed by atoms with van der Waals surface area (Å²) in [5.41, 5.74) is 1.66. The van der Waals surface area contributed by atoms with Gasteiger partial charge in [-0.15, -0.1) is 0 Å². The Morgan fingerprint density at radius 3 is 2.47 bits per heavy atom. The Labute approximate surface area is 192 Å². The topological polar surface area (TPSA) is 38.5 Å². The number of hydrogen-bond donors (Lipinski definition) is 0. The molecule has 0 N–H and O–H groups in total. The van der Waals surface area contributed by atoms with Crippen LogP contribution in [0.25, 0.3) is 11.4 Å². The summed E-state index contributed by atoms with van der Waals surface area (Å²) in [4.78, 5) is 4.72. The first-order valence-corrected chi connectivity index (χ1v) is 11.7. The van der Waals surface area contributed by atoms with E-state index in [-0.39, 0.29) is 5.82 Å². The lowest BCUT2D eigenvalue weighted by atomic mass is 10.2. The number of hydrogen-bond acceptors (Lipinski definition) is 5. The van der Waals surface area contributed by atoms with Crippen molar-refractivity contribution in [2.24, 2.45) is 0 Å². The van der Waals surface area contributed by atoms with Gasteiger partial charge in [0.2, 0.25) is 0 Å². The van der Waals surface area contributed by atoms with Crippen LogP contribution < -0.4 is 9.64 Å². The summed E-state index contributed by atoms with van der Waals surface area (Å²) in [7, 11) is 0. The Bertz CT molecular complexity index is 1150. The summed E-state index contributed by atoms with van der Waals surface area (Å²) in [6.07, 6.45) is 2.14. The molecule has 168 valence electrons. The Balaban J connectivity index is 1.33. The summed E-state index contributed by atoms with van der Waals surface area (Å²) in [6.45, 7) is 6.88. The molecule has 8 heteroatoms. The number of anilines is 1. The van der Waals surface area contributed by atoms with Gasteiger partial charge in [0.25, 0.3) is 0 Å². The molecule has 2 heterocycles. The zero-order chi connectivity index (χ0) is 22.1. The van der Waals surface area contributed by atoms with Gasteiger partial charge in [-0.25, -0.2) is 9.07 Å². The van der Waals surface area contributed by atoms with Crippen molar-refractivity contribution in [1.29, 1.82) is 0 Å². The fourth-order valence-corrected chi connectivity index (χ4v) is 4.65. The molecule has 0 radical (unpaired) electrons. The van der Waals surface area contributed by atoms with E-state index in [0.717, 1.165) is 50.5 Å². The van der Waals surface area contributed by atoms with Crippen LogP contribution in [0, 0.1) is 10.6 Å². The van der Waals surface area contributed by atoms with Crippen molar-refractivity contribution >= 4 is 17.9 Å². The molecule has 0 bridgehead atoms. The number of benzene rings is 2. The Morgan fingerprint density at radius 1 is 1.03 bits per heavy atom. The number of piperazine rings is 1. The Morgan fingerprint density at radius 2 is 1.75 bits per heavy atom. The third kappa shape index (κ3) is 4.17. The maximum atomic E-state index is 14.5. The van der Waals surface area contributed by atoms with Gasteiger partial charge in [-0.05, 0) is 56.2 Å². The zero-order valence-electron chi connectivity index (χ0n) is 18.3. The molecule has 6 nitrogen and oxygen atoms in total. The number of para-hydroxylation sites is 2. The highest BCUT2D eigenvalue weighted by Gasteiger charge is 2.30. The molecule has 0 amide bonds. The van der Waals surface area contributed by atoms with Gasteiger partial charge in [-0.2, -0.15) is 5.10 Å². The van der Waals surface area contributed by atoms with Crippen molar-refractivity contribution in [2.45, 2.75) is 32.5 Å². The molecule has 1 saturated heterocycles. The summed E-state index contributed by atoms with van der Waals surface area (Å²) in [5, 5.41) is 4.77. The Kier molecular flexibility index (Phi) is 5.97. The van der Waals surface area contributed by atoms with Crippen molar-refractivity contribution in [3.8, 4) is 17.1 Å². The summed E-state index contributed by atoms with van der Waals surface area (Å²) in [6, 6.07) is 15.4. The second-order valence-electron chi connectivity index (χ2n) is 8.33. The van der Waals surface area contributed by atoms with Gasteiger partial charge < -0.3 is 9.64 Å². The molecule has 0 unspecified atom stereocenters. The fraction of sp³-hybridized carbons (Fsp3) is 0.417. The van der Waals surface area contributed by atoms with Gasteiger partial charge in [0.05, 0.1) is 24.5 Å². The lowest BCUT2D eigenvalue weighted by Crippen LogP contribution is -2.47. The van der Waals surface area contributed by atoms with Crippen molar-refractivity contribution in [3.05, 3.63) is 59.1 Å². The highest BCUT2D eigenvalue weighted by molar-refractivity contribution is 7.71. The van der Waals surface area contributed by atoms with Gasteiger partial charge in [0.15, 0.2) is 10.6 Å². The van der Waals surface area contributed by atoms with E-state index in [1.54, 1.807) is 12.1 Å². The molecular weight excluding hydrogens is 425 g/mol. The van der Waals surface area contributed by atoms with E-state index in [0.29, 0.717) is 35.5 Å². The standard InChI is InChI=1S/C24H28FN5OS/c1-2-31-22-10-6-5-9-21(22)28-15-13-27(14-16-28)17-29-24(32)30(18-11-12-18)23(26-29)19-7-3-4-8-20(19)25/h3-10,18H,2,11-17H2,1H3. The molecule has 1 saturated carbocycles. The number of aromatic nitrogens is 3. The molecule has 3 aromatic rings. The number of rotatable bonds is 7. The molecule has 0 atom stereocenters. The van der Waals surface area contributed by atoms with Crippen LogP contribution in [0.3, 0.4) is 0 Å². The minimum absolute atomic E-state index is 0.261. The van der Waals surface area contributed by atoms with Crippen LogP contribution in [0.5, 0.6) is 5.75 Å². The third-order valence-corrected chi connectivity index (χ3v) is 6.52. The maximum absolute atomic E-state index is 14.5. The van der Waals surface area contributed by atoms with E-state index < -0.39 is 0 Å². The quantitative estimate of drug-likeness (QED) is 0.484. The number of ether oxygens (including phenoxy) is 1. The van der Waals surface area contributed by atoms with E-state index >= 15 is 0 Å². The van der Waals surface area contributed by atoms with E-state index in [1.165, 1.54) is 6.07 Å². The van der Waals surface area contributed by atoms with Crippen molar-refractivity contribution in [3.63, 3.8) is 0 Å². The summed E-state index contributed by atoms with van der Waals surface area (Å²) in [5.74, 6) is 1.31. The largest absolute Gasteiger partial charge is 0.492 e. The predicted octanol–water partition coefficient (Wildman–Crippen LogP) is 4.73. The molecule has 32 heavy (non-hydrogen) atoms. The molecular formula is C24H28FN5OS. The lowest BCUT2D eigenvalue weighted by molar-refractivity contribution is 0.193. The molecule has 5 rings (SSSR count). The smallest absolute Gasteiger partial charge is 0.199 e. The molecule has 0 spiro atoms. The maximum Gasteiger partial charge on any atom is 0.199 e. The normalized spacial score (nSPS) is 17.0. The van der Waals surface area contributed by atoms with Crippen molar-refractivity contribution in [2.75, 3.05) is 37.7 Å². The first-order valence-electron chi connectivity index (χ1n) is 11.3. The highest BCUT2D eigenvalue weighted by atomic mass is 32.1. The highest BCUT2D eigenvalue weighted by Crippen LogP contribution is 2.39. The van der Waals surface area contributed by atoms with E-state index in [4.69, 9.17) is 22.1 Å². The summed E-state index contributed by atoms with van der Waals surface area (Å²) >= 11 is 5.77. The molecule has 2 fully saturated rings. The first-order chi connectivity index (χ1) is 15.7. The van der Waals surface area contributed by atoms with Gasteiger partial charge in [-0.3, -0.25) is 9.47 Å². The molecule has 1 aromatic heterocycles. The van der Waals surface area contributed by atoms with Gasteiger partial charge in [0.1, 0.15) is 11.6 Å². The fourth-order valence-electron chi connectivity index (χ4n) is 4.32. The second kappa shape index (κ2) is 9.03. The minimum atomic E-state index is -0.261. The van der Waals surface area contributed by atoms with Crippen LogP contribution in [-0.2, 0) is 6.67 Å². The molecule has 1 aliphatic carbocycles. The molecule has 1 aliphatic heterocycles. The van der Waals surface area contributed by atoms with E-state index in [2.05, 4.69) is 21.9 Å². The predicted molar refractivity (Wildman–Crippen MR) is 126 cm³/mol. The van der Waals surface area contributed by atoms with Crippen LogP contribution in [0.15, 0.2) is 48.5 Å². The minimum Gasteiger partial charge on any atom is -0.492 e. The van der Waals surface area contributed by atoms with Crippen LogP contribution in [0.1, 0.15) is 25.8 Å². The molecule has 2 aromatic carbocycles. The van der Waals surface area contributed by atoms with Gasteiger partial charge >= 0.3 is 0 Å². The average molecular weight is 454 g/mol. The first kappa shape index (κ1) is 21.2. The summed E-state index contributed by atoms with van der Waals surface area (Å²) < 4.78 is 24.9.